The zero-order valence-electron chi connectivity index (χ0n) is 8.12. The van der Waals surface area contributed by atoms with Crippen molar-refractivity contribution < 1.29 is 5.11 Å². The summed E-state index contributed by atoms with van der Waals surface area (Å²) in [5.41, 5.74) is 0.504. The summed E-state index contributed by atoms with van der Waals surface area (Å²) >= 11 is 0. The number of likely N-dealkylation sites (N-methyl/N-ethyl adjacent to an activating group) is 1. The standard InChI is InChI=1S/C10H16N2O/c1-3-10(8-13,11-2)9-6-4-5-7-12-9/h4-7,11,13H,3,8H2,1-2H3. The van der Waals surface area contributed by atoms with Gasteiger partial charge in [0.15, 0.2) is 0 Å². The van der Waals surface area contributed by atoms with Crippen molar-refractivity contribution >= 4 is 0 Å². The van der Waals surface area contributed by atoms with Crippen LogP contribution in [0.25, 0.3) is 0 Å². The van der Waals surface area contributed by atoms with Gasteiger partial charge in [0.05, 0.1) is 17.8 Å². The summed E-state index contributed by atoms with van der Waals surface area (Å²) < 4.78 is 0. The van der Waals surface area contributed by atoms with Crippen LogP contribution in [0.1, 0.15) is 19.0 Å². The second kappa shape index (κ2) is 4.35. The van der Waals surface area contributed by atoms with Gasteiger partial charge in [0, 0.05) is 6.20 Å². The summed E-state index contributed by atoms with van der Waals surface area (Å²) in [4.78, 5) is 4.24. The summed E-state index contributed by atoms with van der Waals surface area (Å²) in [6, 6.07) is 5.73. The van der Waals surface area contributed by atoms with Crippen LogP contribution in [0.15, 0.2) is 24.4 Å². The second-order valence-corrected chi connectivity index (χ2v) is 3.06. The zero-order valence-corrected chi connectivity index (χ0v) is 8.12. The van der Waals surface area contributed by atoms with E-state index in [0.717, 1.165) is 12.1 Å². The first-order valence-corrected chi connectivity index (χ1v) is 4.50. The molecule has 1 atom stereocenters. The molecule has 3 nitrogen and oxygen atoms in total. The smallest absolute Gasteiger partial charge is 0.0837 e. The first kappa shape index (κ1) is 10.2. The fourth-order valence-corrected chi connectivity index (χ4v) is 1.40. The molecule has 0 aliphatic rings. The van der Waals surface area contributed by atoms with E-state index in [1.807, 2.05) is 32.2 Å². The summed E-state index contributed by atoms with van der Waals surface area (Å²) in [6.07, 6.45) is 2.56. The highest BCUT2D eigenvalue weighted by molar-refractivity contribution is 5.15. The Bertz CT molecular complexity index is 236. The van der Waals surface area contributed by atoms with Crippen LogP contribution >= 0.6 is 0 Å². The molecule has 0 amide bonds. The van der Waals surface area contributed by atoms with E-state index in [2.05, 4.69) is 10.3 Å². The average Bonchev–Trinajstić information content (AvgIpc) is 2.23. The normalized spacial score (nSPS) is 15.3. The molecule has 1 aromatic heterocycles. The van der Waals surface area contributed by atoms with E-state index in [9.17, 15) is 5.11 Å². The molecular formula is C10H16N2O. The molecule has 0 bridgehead atoms. The highest BCUT2D eigenvalue weighted by Gasteiger charge is 2.28. The first-order valence-electron chi connectivity index (χ1n) is 4.50. The molecule has 0 saturated carbocycles. The maximum absolute atomic E-state index is 9.33. The first-order chi connectivity index (χ1) is 6.29. The molecule has 0 fully saturated rings. The van der Waals surface area contributed by atoms with E-state index in [4.69, 9.17) is 0 Å². The number of pyridine rings is 1. The Hall–Kier alpha value is -0.930. The Balaban J connectivity index is 3.01. The molecule has 0 radical (unpaired) electrons. The van der Waals surface area contributed by atoms with Crippen molar-refractivity contribution in [1.29, 1.82) is 0 Å². The number of nitrogens with one attached hydrogen (secondary N) is 1. The van der Waals surface area contributed by atoms with E-state index < -0.39 is 0 Å². The van der Waals surface area contributed by atoms with Gasteiger partial charge in [-0.2, -0.15) is 0 Å². The summed E-state index contributed by atoms with van der Waals surface area (Å²) in [5.74, 6) is 0. The van der Waals surface area contributed by atoms with Crippen LogP contribution in [0.4, 0.5) is 0 Å². The molecule has 1 heterocycles. The van der Waals surface area contributed by atoms with E-state index in [0.29, 0.717) is 0 Å². The van der Waals surface area contributed by atoms with Crippen molar-refractivity contribution in [3.8, 4) is 0 Å². The lowest BCUT2D eigenvalue weighted by Gasteiger charge is -2.29. The maximum Gasteiger partial charge on any atom is 0.0837 e. The molecule has 0 aliphatic heterocycles. The molecule has 72 valence electrons. The Kier molecular flexibility index (Phi) is 3.39. The van der Waals surface area contributed by atoms with Gasteiger partial charge in [-0.05, 0) is 25.6 Å². The minimum absolute atomic E-state index is 0.0665. The van der Waals surface area contributed by atoms with Gasteiger partial charge in [-0.3, -0.25) is 4.98 Å². The molecule has 0 aromatic carbocycles. The fourth-order valence-electron chi connectivity index (χ4n) is 1.40. The molecule has 1 unspecified atom stereocenters. The number of aliphatic hydroxyl groups is 1. The van der Waals surface area contributed by atoms with Gasteiger partial charge in [-0.1, -0.05) is 13.0 Å². The number of nitrogens with zero attached hydrogens (tertiary/aromatic N) is 1. The second-order valence-electron chi connectivity index (χ2n) is 3.06. The van der Waals surface area contributed by atoms with Crippen LogP contribution in [-0.2, 0) is 5.54 Å². The minimum Gasteiger partial charge on any atom is -0.394 e. The molecule has 13 heavy (non-hydrogen) atoms. The largest absolute Gasteiger partial charge is 0.394 e. The van der Waals surface area contributed by atoms with Crippen LogP contribution in [0.2, 0.25) is 0 Å². The highest BCUT2D eigenvalue weighted by atomic mass is 16.3. The summed E-state index contributed by atoms with van der Waals surface area (Å²) in [6.45, 7) is 2.10. The van der Waals surface area contributed by atoms with E-state index in [1.54, 1.807) is 6.20 Å². The molecule has 0 aliphatic carbocycles. The molecule has 1 rings (SSSR count). The molecule has 3 heteroatoms. The predicted octanol–water partition coefficient (Wildman–Crippen LogP) is 0.899. The van der Waals surface area contributed by atoms with Gasteiger partial charge in [0.1, 0.15) is 0 Å². The molecule has 1 aromatic rings. The van der Waals surface area contributed by atoms with Crippen molar-refractivity contribution in [1.82, 2.24) is 10.3 Å². The van der Waals surface area contributed by atoms with Crippen molar-refractivity contribution in [3.63, 3.8) is 0 Å². The van der Waals surface area contributed by atoms with Crippen LogP contribution in [0.3, 0.4) is 0 Å². The van der Waals surface area contributed by atoms with Crippen molar-refractivity contribution in [2.75, 3.05) is 13.7 Å². The van der Waals surface area contributed by atoms with Gasteiger partial charge >= 0.3 is 0 Å². The van der Waals surface area contributed by atoms with Gasteiger partial charge in [0.2, 0.25) is 0 Å². The lowest BCUT2D eigenvalue weighted by molar-refractivity contribution is 0.160. The van der Waals surface area contributed by atoms with E-state index in [1.165, 1.54) is 0 Å². The van der Waals surface area contributed by atoms with Crippen LogP contribution in [-0.4, -0.2) is 23.7 Å². The zero-order chi connectivity index (χ0) is 9.73. The summed E-state index contributed by atoms with van der Waals surface area (Å²) in [5, 5.41) is 12.4. The predicted molar refractivity (Wildman–Crippen MR) is 52.4 cm³/mol. The molecular weight excluding hydrogens is 164 g/mol. The van der Waals surface area contributed by atoms with Gasteiger partial charge < -0.3 is 10.4 Å². The molecule has 2 N–H and O–H groups in total. The van der Waals surface area contributed by atoms with Crippen LogP contribution in [0, 0.1) is 0 Å². The Labute approximate surface area is 78.8 Å². The number of hydrogen-bond acceptors (Lipinski definition) is 3. The van der Waals surface area contributed by atoms with E-state index >= 15 is 0 Å². The maximum atomic E-state index is 9.33. The Morgan fingerprint density at radius 1 is 1.54 bits per heavy atom. The Morgan fingerprint density at radius 2 is 2.31 bits per heavy atom. The topological polar surface area (TPSA) is 45.1 Å². The summed E-state index contributed by atoms with van der Waals surface area (Å²) in [7, 11) is 1.84. The van der Waals surface area contributed by atoms with Crippen molar-refractivity contribution in [2.45, 2.75) is 18.9 Å². The van der Waals surface area contributed by atoms with Crippen LogP contribution in [0.5, 0.6) is 0 Å². The van der Waals surface area contributed by atoms with Gasteiger partial charge in [-0.25, -0.2) is 0 Å². The number of hydrogen-bond donors (Lipinski definition) is 2. The lowest BCUT2D eigenvalue weighted by atomic mass is 9.93. The monoisotopic (exact) mass is 180 g/mol. The van der Waals surface area contributed by atoms with E-state index in [-0.39, 0.29) is 12.1 Å². The third kappa shape index (κ3) is 1.87. The van der Waals surface area contributed by atoms with Crippen molar-refractivity contribution in [3.05, 3.63) is 30.1 Å². The third-order valence-electron chi connectivity index (χ3n) is 2.51. The quantitative estimate of drug-likeness (QED) is 0.723. The fraction of sp³-hybridized carbons (Fsp3) is 0.500. The number of aliphatic hydroxyl groups excluding tert-OH is 1. The third-order valence-corrected chi connectivity index (χ3v) is 2.51. The molecule has 0 spiro atoms. The molecule has 0 saturated heterocycles. The SMILES string of the molecule is CCC(CO)(NC)c1ccccn1. The van der Waals surface area contributed by atoms with Crippen molar-refractivity contribution in [2.24, 2.45) is 0 Å². The van der Waals surface area contributed by atoms with Gasteiger partial charge in [0.25, 0.3) is 0 Å². The minimum atomic E-state index is -0.388. The van der Waals surface area contributed by atoms with Crippen LogP contribution < -0.4 is 5.32 Å². The number of aromatic nitrogens is 1. The lowest BCUT2D eigenvalue weighted by Crippen LogP contribution is -2.43. The highest BCUT2D eigenvalue weighted by Crippen LogP contribution is 2.21. The van der Waals surface area contributed by atoms with Gasteiger partial charge in [-0.15, -0.1) is 0 Å². The average molecular weight is 180 g/mol. The number of rotatable bonds is 4. The Morgan fingerprint density at radius 3 is 2.69 bits per heavy atom.